The third-order valence-electron chi connectivity index (χ3n) is 3.73. The van der Waals surface area contributed by atoms with Gasteiger partial charge < -0.3 is 9.52 Å². The molecule has 0 bridgehead atoms. The van der Waals surface area contributed by atoms with Crippen LogP contribution in [0.25, 0.3) is 0 Å². The molecule has 0 aromatic carbocycles. The fourth-order valence-electron chi connectivity index (χ4n) is 2.39. The summed E-state index contributed by atoms with van der Waals surface area (Å²) in [6.45, 7) is 9.37. The highest BCUT2D eigenvalue weighted by molar-refractivity contribution is 7.29. The number of aryl methyl sites for hydroxylation is 2. The van der Waals surface area contributed by atoms with Gasteiger partial charge in [0.2, 0.25) is 0 Å². The van der Waals surface area contributed by atoms with E-state index in [0.717, 1.165) is 36.5 Å². The Morgan fingerprint density at radius 3 is 2.48 bits per heavy atom. The first kappa shape index (κ1) is 18.2. The monoisotopic (exact) mass is 282 g/mol. The van der Waals surface area contributed by atoms with Crippen molar-refractivity contribution < 1.29 is 9.52 Å². The van der Waals surface area contributed by atoms with Crippen LogP contribution < -0.4 is 0 Å². The molecule has 1 aliphatic carbocycles. The van der Waals surface area contributed by atoms with E-state index >= 15 is 0 Å². The van der Waals surface area contributed by atoms with Crippen molar-refractivity contribution in [3.8, 4) is 0 Å². The van der Waals surface area contributed by atoms with Crippen LogP contribution in [0.3, 0.4) is 0 Å². The van der Waals surface area contributed by atoms with Crippen LogP contribution in [0.4, 0.5) is 0 Å². The zero-order valence-corrected chi connectivity index (χ0v) is 13.6. The highest BCUT2D eigenvalue weighted by atomic mass is 16.4. The summed E-state index contributed by atoms with van der Waals surface area (Å²) >= 11 is 0. The summed E-state index contributed by atoms with van der Waals surface area (Å²) in [5.41, 5.74) is 2.49. The largest absolute Gasteiger partial charge is 0.464 e. The Bertz CT molecular complexity index is 446. The zero-order valence-electron chi connectivity index (χ0n) is 13.6. The maximum atomic E-state index is 9.62. The predicted molar refractivity (Wildman–Crippen MR) is 91.8 cm³/mol. The van der Waals surface area contributed by atoms with E-state index in [9.17, 15) is 5.11 Å². The van der Waals surface area contributed by atoms with Gasteiger partial charge in [-0.1, -0.05) is 32.4 Å². The Balaban J connectivity index is 0.000000304. The normalized spacial score (nSPS) is 15.9. The second kappa shape index (κ2) is 8.58. The average Bonchev–Trinajstić information content (AvgIpc) is 2.76. The maximum absolute atomic E-state index is 9.62. The molecular formula is C16H25B3O2. The first-order valence-electron chi connectivity index (χ1n) is 7.80. The van der Waals surface area contributed by atoms with Gasteiger partial charge in [-0.15, -0.1) is 0 Å². The van der Waals surface area contributed by atoms with Crippen LogP contribution in [0, 0.1) is 12.8 Å². The van der Waals surface area contributed by atoms with Crippen molar-refractivity contribution in [2.24, 2.45) is 5.92 Å². The van der Waals surface area contributed by atoms with Crippen molar-refractivity contribution in [1.29, 1.82) is 0 Å². The van der Waals surface area contributed by atoms with Crippen LogP contribution in [0.1, 0.15) is 62.6 Å². The number of unbranched alkanes of at least 4 members (excludes halogenated alkanes) is 1. The van der Waals surface area contributed by atoms with Crippen LogP contribution in [-0.4, -0.2) is 27.1 Å². The lowest BCUT2D eigenvalue weighted by Gasteiger charge is -2.23. The maximum Gasteiger partial charge on any atom is 0.123 e. The van der Waals surface area contributed by atoms with E-state index in [4.69, 9.17) is 19.9 Å². The van der Waals surface area contributed by atoms with Gasteiger partial charge in [0.05, 0.1) is 12.5 Å². The molecule has 1 aromatic rings. The molecule has 5 heteroatoms. The van der Waals surface area contributed by atoms with E-state index in [2.05, 4.69) is 20.4 Å². The van der Waals surface area contributed by atoms with Crippen molar-refractivity contribution in [3.05, 3.63) is 35.3 Å². The Morgan fingerprint density at radius 1 is 1.48 bits per heavy atom. The molecule has 1 saturated carbocycles. The second-order valence-electron chi connectivity index (χ2n) is 6.14. The average molecular weight is 282 g/mol. The number of rotatable bonds is 5. The standard InChI is InChI=1S/C10H15B3O2.C6H10/c1-3-4-5-8-7(2)6-9(15-8)10(14)13(11)12;1-5-3-6(2)4-5/h6,10,14H,3-5H2,1-2H3;6H,1,3-4H2,2H3/t10-;/m1./s1. The summed E-state index contributed by atoms with van der Waals surface area (Å²) in [5.74, 6) is 2.33. The minimum atomic E-state index is -0.918. The molecule has 4 radical (unpaired) electrons. The molecule has 2 rings (SSSR count). The van der Waals surface area contributed by atoms with Crippen LogP contribution in [0.2, 0.25) is 0 Å². The third-order valence-corrected chi connectivity index (χ3v) is 3.73. The molecule has 110 valence electrons. The van der Waals surface area contributed by atoms with E-state index in [1.165, 1.54) is 18.4 Å². The van der Waals surface area contributed by atoms with E-state index < -0.39 is 12.5 Å². The van der Waals surface area contributed by atoms with Crippen molar-refractivity contribution in [1.82, 2.24) is 0 Å². The van der Waals surface area contributed by atoms with Gasteiger partial charge in [-0.05, 0) is 43.7 Å². The highest BCUT2D eigenvalue weighted by Gasteiger charge is 2.18. The van der Waals surface area contributed by atoms with Crippen molar-refractivity contribution in [2.45, 2.75) is 58.9 Å². The van der Waals surface area contributed by atoms with E-state index in [1.807, 2.05) is 13.0 Å². The van der Waals surface area contributed by atoms with Crippen molar-refractivity contribution >= 4 is 22.0 Å². The first-order valence-corrected chi connectivity index (χ1v) is 7.80. The summed E-state index contributed by atoms with van der Waals surface area (Å²) < 4.78 is 5.53. The molecule has 1 N–H and O–H groups in total. The van der Waals surface area contributed by atoms with Gasteiger partial charge in [-0.3, -0.25) is 0 Å². The fraction of sp³-hybridized carbons (Fsp3) is 0.625. The number of aliphatic hydroxyl groups is 1. The van der Waals surface area contributed by atoms with E-state index in [1.54, 1.807) is 0 Å². The molecule has 1 atom stereocenters. The molecule has 0 spiro atoms. The lowest BCUT2D eigenvalue weighted by molar-refractivity contribution is 0.222. The number of hydrogen-bond acceptors (Lipinski definition) is 2. The summed E-state index contributed by atoms with van der Waals surface area (Å²) in [7, 11) is 10.8. The molecule has 0 amide bonds. The lowest BCUT2D eigenvalue weighted by Crippen LogP contribution is -2.24. The smallest absolute Gasteiger partial charge is 0.123 e. The molecule has 1 heterocycles. The predicted octanol–water partition coefficient (Wildman–Crippen LogP) is 3.30. The Labute approximate surface area is 132 Å². The molecule has 1 aliphatic rings. The Kier molecular flexibility index (Phi) is 7.44. The SMILES string of the molecule is C=C1CC(C)C1.[B]B([B])[C@H](O)c1cc(C)c(CCCC)o1. The summed E-state index contributed by atoms with van der Waals surface area (Å²) in [5, 5.41) is 9.62. The number of aliphatic hydroxyl groups excluding tert-OH is 1. The fourth-order valence-corrected chi connectivity index (χ4v) is 2.39. The molecule has 21 heavy (non-hydrogen) atoms. The minimum Gasteiger partial charge on any atom is -0.464 e. The Hall–Kier alpha value is -0.825. The molecule has 1 aromatic heterocycles. The molecular weight excluding hydrogens is 257 g/mol. The van der Waals surface area contributed by atoms with Crippen molar-refractivity contribution in [2.75, 3.05) is 0 Å². The zero-order chi connectivity index (χ0) is 16.0. The van der Waals surface area contributed by atoms with Gasteiger partial charge in [0.15, 0.2) is 0 Å². The Morgan fingerprint density at radius 2 is 2.10 bits per heavy atom. The van der Waals surface area contributed by atoms with Crippen LogP contribution >= 0.6 is 0 Å². The third kappa shape index (κ3) is 5.82. The molecule has 1 fully saturated rings. The second-order valence-corrected chi connectivity index (χ2v) is 6.14. The lowest BCUT2D eigenvalue weighted by atomic mass is 9.16. The number of allylic oxidation sites excluding steroid dienone is 1. The minimum absolute atomic E-state index is 0.466. The van der Waals surface area contributed by atoms with Crippen LogP contribution in [0.5, 0.6) is 0 Å². The topological polar surface area (TPSA) is 33.4 Å². The molecule has 0 aliphatic heterocycles. The van der Waals surface area contributed by atoms with Gasteiger partial charge in [-0.25, -0.2) is 0 Å². The summed E-state index contributed by atoms with van der Waals surface area (Å²) in [6.07, 6.45) is 5.65. The van der Waals surface area contributed by atoms with Gasteiger partial charge >= 0.3 is 0 Å². The number of hydrogen-bond donors (Lipinski definition) is 1. The van der Waals surface area contributed by atoms with Crippen molar-refractivity contribution in [3.63, 3.8) is 0 Å². The van der Waals surface area contributed by atoms with Crippen LogP contribution in [0.15, 0.2) is 22.6 Å². The number of furan rings is 1. The molecule has 0 saturated heterocycles. The van der Waals surface area contributed by atoms with Gasteiger partial charge in [0, 0.05) is 21.9 Å². The summed E-state index contributed by atoms with van der Waals surface area (Å²) in [6, 6.07) is 0.890. The van der Waals surface area contributed by atoms with Gasteiger partial charge in [0.25, 0.3) is 0 Å². The highest BCUT2D eigenvalue weighted by Crippen LogP contribution is 2.29. The summed E-state index contributed by atoms with van der Waals surface area (Å²) in [4.78, 5) is 0. The molecule has 0 unspecified atom stereocenters. The van der Waals surface area contributed by atoms with Crippen LogP contribution in [-0.2, 0) is 6.42 Å². The first-order chi connectivity index (χ1) is 9.85. The van der Waals surface area contributed by atoms with Gasteiger partial charge in [0.1, 0.15) is 11.5 Å². The molecule has 2 nitrogen and oxygen atoms in total. The van der Waals surface area contributed by atoms with E-state index in [0.29, 0.717) is 5.76 Å². The van der Waals surface area contributed by atoms with Gasteiger partial charge in [-0.2, -0.15) is 0 Å². The van der Waals surface area contributed by atoms with E-state index in [-0.39, 0.29) is 0 Å². The quantitative estimate of drug-likeness (QED) is 0.664.